The van der Waals surface area contributed by atoms with E-state index in [0.717, 1.165) is 30.5 Å². The largest absolute Gasteiger partial charge is 0.314 e. The molecule has 2 rings (SSSR count). The molecule has 0 spiro atoms. The molecule has 0 aromatic rings. The lowest BCUT2D eigenvalue weighted by Crippen LogP contribution is -2.50. The quantitative estimate of drug-likeness (QED) is 0.813. The summed E-state index contributed by atoms with van der Waals surface area (Å²) in [6, 6.07) is 1.52. The summed E-state index contributed by atoms with van der Waals surface area (Å²) in [6.45, 7) is 9.57. The first-order valence-electron chi connectivity index (χ1n) is 9.26. The van der Waals surface area contributed by atoms with E-state index in [-0.39, 0.29) is 0 Å². The SMILES string of the molecule is CCNC1CCC(CC)CC1CN(C)C1CCCN(C)C1. The third kappa shape index (κ3) is 4.94. The molecular weight excluding hydrogens is 258 g/mol. The van der Waals surface area contributed by atoms with Crippen molar-refractivity contribution in [3.63, 3.8) is 0 Å². The van der Waals surface area contributed by atoms with Crippen molar-refractivity contribution in [3.05, 3.63) is 0 Å². The van der Waals surface area contributed by atoms with Gasteiger partial charge < -0.3 is 15.1 Å². The number of rotatable bonds is 6. The summed E-state index contributed by atoms with van der Waals surface area (Å²) in [5.74, 6) is 1.81. The molecule has 1 saturated carbocycles. The van der Waals surface area contributed by atoms with E-state index in [4.69, 9.17) is 0 Å². The fourth-order valence-corrected chi connectivity index (χ4v) is 4.48. The number of nitrogens with one attached hydrogen (secondary N) is 1. The molecule has 0 amide bonds. The first-order valence-corrected chi connectivity index (χ1v) is 9.26. The van der Waals surface area contributed by atoms with Crippen LogP contribution in [0.2, 0.25) is 0 Å². The van der Waals surface area contributed by atoms with Crippen LogP contribution >= 0.6 is 0 Å². The predicted octanol–water partition coefficient (Wildman–Crippen LogP) is 2.82. The van der Waals surface area contributed by atoms with E-state index < -0.39 is 0 Å². The lowest BCUT2D eigenvalue weighted by Gasteiger charge is -2.42. The smallest absolute Gasteiger partial charge is 0.0220 e. The van der Waals surface area contributed by atoms with Gasteiger partial charge in [-0.05, 0) is 71.1 Å². The summed E-state index contributed by atoms with van der Waals surface area (Å²) < 4.78 is 0. The number of piperidine rings is 1. The first kappa shape index (κ1) is 17.2. The lowest BCUT2D eigenvalue weighted by molar-refractivity contribution is 0.0905. The molecule has 3 nitrogen and oxygen atoms in total. The zero-order valence-corrected chi connectivity index (χ0v) is 14.8. The molecule has 1 aliphatic heterocycles. The highest BCUT2D eigenvalue weighted by atomic mass is 15.2. The monoisotopic (exact) mass is 295 g/mol. The molecular formula is C18H37N3. The zero-order chi connectivity index (χ0) is 15.2. The third-order valence-electron chi connectivity index (χ3n) is 5.88. The van der Waals surface area contributed by atoms with Gasteiger partial charge in [-0.15, -0.1) is 0 Å². The maximum absolute atomic E-state index is 3.76. The summed E-state index contributed by atoms with van der Waals surface area (Å²) in [4.78, 5) is 5.17. The van der Waals surface area contributed by atoms with Crippen molar-refractivity contribution in [3.8, 4) is 0 Å². The van der Waals surface area contributed by atoms with E-state index in [1.165, 1.54) is 58.2 Å². The fourth-order valence-electron chi connectivity index (χ4n) is 4.48. The summed E-state index contributed by atoms with van der Waals surface area (Å²) in [5.41, 5.74) is 0. The average Bonchev–Trinajstić information content (AvgIpc) is 2.49. The van der Waals surface area contributed by atoms with Gasteiger partial charge in [-0.2, -0.15) is 0 Å². The fraction of sp³-hybridized carbons (Fsp3) is 1.00. The molecule has 21 heavy (non-hydrogen) atoms. The minimum absolute atomic E-state index is 0.751. The number of likely N-dealkylation sites (N-methyl/N-ethyl adjacent to an activating group) is 2. The Balaban J connectivity index is 1.89. The van der Waals surface area contributed by atoms with Crippen molar-refractivity contribution in [1.29, 1.82) is 0 Å². The maximum atomic E-state index is 3.76. The van der Waals surface area contributed by atoms with Crippen molar-refractivity contribution >= 4 is 0 Å². The number of nitrogens with zero attached hydrogens (tertiary/aromatic N) is 2. The minimum atomic E-state index is 0.751. The Hall–Kier alpha value is -0.120. The van der Waals surface area contributed by atoms with Crippen LogP contribution in [0.5, 0.6) is 0 Å². The summed E-state index contributed by atoms with van der Waals surface area (Å²) >= 11 is 0. The molecule has 4 unspecified atom stereocenters. The molecule has 1 aliphatic carbocycles. The van der Waals surface area contributed by atoms with Crippen LogP contribution in [-0.4, -0.2) is 62.2 Å². The van der Waals surface area contributed by atoms with Gasteiger partial charge in [-0.25, -0.2) is 0 Å². The number of likely N-dealkylation sites (tertiary alicyclic amines) is 1. The third-order valence-corrected chi connectivity index (χ3v) is 5.88. The van der Waals surface area contributed by atoms with E-state index in [1.807, 2.05) is 0 Å². The number of hydrogen-bond donors (Lipinski definition) is 1. The molecule has 0 bridgehead atoms. The minimum Gasteiger partial charge on any atom is -0.314 e. The first-order chi connectivity index (χ1) is 10.1. The molecule has 124 valence electrons. The van der Waals surface area contributed by atoms with E-state index in [2.05, 4.69) is 43.1 Å². The van der Waals surface area contributed by atoms with Crippen LogP contribution in [0.1, 0.15) is 52.4 Å². The van der Waals surface area contributed by atoms with E-state index in [1.54, 1.807) is 0 Å². The Morgan fingerprint density at radius 3 is 2.67 bits per heavy atom. The molecule has 2 aliphatic rings. The van der Waals surface area contributed by atoms with Gasteiger partial charge in [0.1, 0.15) is 0 Å². The molecule has 1 N–H and O–H groups in total. The van der Waals surface area contributed by atoms with Crippen LogP contribution in [0.15, 0.2) is 0 Å². The van der Waals surface area contributed by atoms with Crippen molar-refractivity contribution in [2.24, 2.45) is 11.8 Å². The summed E-state index contributed by atoms with van der Waals surface area (Å²) in [5, 5.41) is 3.76. The van der Waals surface area contributed by atoms with Crippen molar-refractivity contribution in [1.82, 2.24) is 15.1 Å². The van der Waals surface area contributed by atoms with Gasteiger partial charge in [0.15, 0.2) is 0 Å². The molecule has 3 heteroatoms. The van der Waals surface area contributed by atoms with Crippen molar-refractivity contribution in [2.45, 2.75) is 64.5 Å². The second kappa shape index (κ2) is 8.50. The Labute approximate surface area is 132 Å². The van der Waals surface area contributed by atoms with E-state index in [9.17, 15) is 0 Å². The molecule has 2 fully saturated rings. The molecule has 1 heterocycles. The van der Waals surface area contributed by atoms with Gasteiger partial charge >= 0.3 is 0 Å². The van der Waals surface area contributed by atoms with Gasteiger partial charge in [0.25, 0.3) is 0 Å². The number of hydrogen-bond acceptors (Lipinski definition) is 3. The van der Waals surface area contributed by atoms with Crippen LogP contribution in [0.25, 0.3) is 0 Å². The highest BCUT2D eigenvalue weighted by Gasteiger charge is 2.31. The van der Waals surface area contributed by atoms with Crippen molar-refractivity contribution < 1.29 is 0 Å². The standard InChI is InChI=1S/C18H37N3/c1-5-15-9-10-18(19-6-2)16(12-15)13-21(4)17-8-7-11-20(3)14-17/h15-19H,5-14H2,1-4H3. The maximum Gasteiger partial charge on any atom is 0.0220 e. The second-order valence-electron chi connectivity index (χ2n) is 7.51. The molecule has 4 atom stereocenters. The van der Waals surface area contributed by atoms with E-state index in [0.29, 0.717) is 0 Å². The summed E-state index contributed by atoms with van der Waals surface area (Å²) in [6.07, 6.45) is 8.36. The highest BCUT2D eigenvalue weighted by Crippen LogP contribution is 2.32. The van der Waals surface area contributed by atoms with Gasteiger partial charge in [0, 0.05) is 25.2 Å². The van der Waals surface area contributed by atoms with Gasteiger partial charge in [0.2, 0.25) is 0 Å². The van der Waals surface area contributed by atoms with Crippen LogP contribution < -0.4 is 5.32 Å². The molecule has 1 saturated heterocycles. The van der Waals surface area contributed by atoms with Gasteiger partial charge in [-0.3, -0.25) is 0 Å². The Morgan fingerprint density at radius 2 is 2.00 bits per heavy atom. The van der Waals surface area contributed by atoms with Crippen LogP contribution in [0.4, 0.5) is 0 Å². The van der Waals surface area contributed by atoms with Crippen molar-refractivity contribution in [2.75, 3.05) is 40.3 Å². The van der Waals surface area contributed by atoms with Crippen LogP contribution in [-0.2, 0) is 0 Å². The average molecular weight is 296 g/mol. The summed E-state index contributed by atoms with van der Waals surface area (Å²) in [7, 11) is 4.64. The van der Waals surface area contributed by atoms with Gasteiger partial charge in [-0.1, -0.05) is 20.3 Å². The Kier molecular flexibility index (Phi) is 6.97. The van der Waals surface area contributed by atoms with Crippen LogP contribution in [0, 0.1) is 11.8 Å². The topological polar surface area (TPSA) is 18.5 Å². The van der Waals surface area contributed by atoms with Crippen LogP contribution in [0.3, 0.4) is 0 Å². The predicted molar refractivity (Wildman–Crippen MR) is 91.7 cm³/mol. The van der Waals surface area contributed by atoms with E-state index >= 15 is 0 Å². The Bertz CT molecular complexity index is 294. The Morgan fingerprint density at radius 1 is 1.19 bits per heavy atom. The highest BCUT2D eigenvalue weighted by molar-refractivity contribution is 4.88. The van der Waals surface area contributed by atoms with Gasteiger partial charge in [0.05, 0.1) is 0 Å². The lowest BCUT2D eigenvalue weighted by atomic mass is 9.76. The molecule has 0 aromatic carbocycles. The molecule has 0 radical (unpaired) electrons. The molecule has 0 aromatic heterocycles. The second-order valence-corrected chi connectivity index (χ2v) is 7.51. The zero-order valence-electron chi connectivity index (χ0n) is 14.8. The normalized spacial score (nSPS) is 35.3.